The molecular formula is C31H34N4O4S. The zero-order valence-electron chi connectivity index (χ0n) is 22.8. The Kier molecular flexibility index (Phi) is 9.03. The number of aromatic nitrogens is 2. The van der Waals surface area contributed by atoms with Gasteiger partial charge in [-0.05, 0) is 48.7 Å². The van der Waals surface area contributed by atoms with Crippen molar-refractivity contribution in [2.75, 3.05) is 43.6 Å². The fourth-order valence-electron chi connectivity index (χ4n) is 4.75. The molecule has 3 aromatic carbocycles. The number of fused-ring (bicyclic) bond motifs is 1. The maximum atomic E-state index is 14.0. The van der Waals surface area contributed by atoms with E-state index in [1.807, 2.05) is 61.5 Å². The predicted molar refractivity (Wildman–Crippen MR) is 161 cm³/mol. The van der Waals surface area contributed by atoms with Crippen molar-refractivity contribution < 1.29 is 14.3 Å². The quantitative estimate of drug-likeness (QED) is 0.217. The van der Waals surface area contributed by atoms with Gasteiger partial charge in [-0.15, -0.1) is 0 Å². The van der Waals surface area contributed by atoms with Crippen LogP contribution in [-0.4, -0.2) is 54.1 Å². The smallest absolute Gasteiger partial charge is 0.262 e. The molecule has 1 aliphatic heterocycles. The summed E-state index contributed by atoms with van der Waals surface area (Å²) in [6.45, 7) is 5.34. The van der Waals surface area contributed by atoms with Crippen LogP contribution in [0.3, 0.4) is 0 Å². The summed E-state index contributed by atoms with van der Waals surface area (Å²) in [7, 11) is 1.59. The lowest BCUT2D eigenvalue weighted by molar-refractivity contribution is -0.115. The highest BCUT2D eigenvalue weighted by atomic mass is 32.2. The van der Waals surface area contributed by atoms with Crippen LogP contribution in [0.5, 0.6) is 5.75 Å². The average Bonchev–Trinajstić information content (AvgIpc) is 3.00. The average molecular weight is 559 g/mol. The number of nitrogens with zero attached hydrogens (tertiary/aromatic N) is 3. The molecular weight excluding hydrogens is 524 g/mol. The number of thioether (sulfide) groups is 1. The molecule has 5 rings (SSSR count). The molecule has 0 unspecified atom stereocenters. The van der Waals surface area contributed by atoms with E-state index in [1.165, 1.54) is 11.8 Å². The largest absolute Gasteiger partial charge is 0.497 e. The zero-order chi connectivity index (χ0) is 27.9. The number of benzene rings is 3. The van der Waals surface area contributed by atoms with Gasteiger partial charge in [0.25, 0.3) is 5.56 Å². The number of rotatable bonds is 10. The fourth-order valence-corrected chi connectivity index (χ4v) is 5.79. The molecule has 1 saturated heterocycles. The van der Waals surface area contributed by atoms with Crippen molar-refractivity contribution in [1.29, 1.82) is 0 Å². The van der Waals surface area contributed by atoms with Crippen LogP contribution >= 0.6 is 11.8 Å². The van der Waals surface area contributed by atoms with E-state index in [0.29, 0.717) is 60.1 Å². The molecule has 2 heterocycles. The standard InChI is InChI=1S/C31H34N4O4S/c1-3-28(29(36)32-23-10-7-11-25(20-23)38-2)40-31-33-27-13-12-24(34-16-18-39-19-17-34)21-26(27)30(37)35(31)15-14-22-8-5-4-6-9-22/h4-13,20-21,28H,3,14-19H2,1-2H3,(H,32,36)/t28-/m0/s1. The van der Waals surface area contributed by atoms with E-state index in [0.717, 1.165) is 24.3 Å². The van der Waals surface area contributed by atoms with Crippen molar-refractivity contribution in [3.8, 4) is 5.75 Å². The number of hydrogen-bond donors (Lipinski definition) is 1. The van der Waals surface area contributed by atoms with Gasteiger partial charge in [0.15, 0.2) is 5.16 Å². The molecule has 0 aliphatic carbocycles. The number of carbonyl (C=O) groups is 1. The van der Waals surface area contributed by atoms with Gasteiger partial charge < -0.3 is 19.7 Å². The van der Waals surface area contributed by atoms with Crippen LogP contribution in [0, 0.1) is 0 Å². The van der Waals surface area contributed by atoms with Gasteiger partial charge in [0, 0.05) is 37.1 Å². The highest BCUT2D eigenvalue weighted by Crippen LogP contribution is 2.28. The second kappa shape index (κ2) is 13.0. The van der Waals surface area contributed by atoms with E-state index in [9.17, 15) is 9.59 Å². The third-order valence-electron chi connectivity index (χ3n) is 6.99. The lowest BCUT2D eigenvalue weighted by Crippen LogP contribution is -2.36. The summed E-state index contributed by atoms with van der Waals surface area (Å²) >= 11 is 1.33. The minimum Gasteiger partial charge on any atom is -0.497 e. The van der Waals surface area contributed by atoms with E-state index in [4.69, 9.17) is 14.5 Å². The second-order valence-electron chi connectivity index (χ2n) is 9.62. The van der Waals surface area contributed by atoms with Crippen molar-refractivity contribution in [3.63, 3.8) is 0 Å². The maximum absolute atomic E-state index is 14.0. The molecule has 1 N–H and O–H groups in total. The Morgan fingerprint density at radius 1 is 1.07 bits per heavy atom. The Morgan fingerprint density at radius 3 is 2.62 bits per heavy atom. The van der Waals surface area contributed by atoms with Crippen LogP contribution < -0.4 is 20.5 Å². The molecule has 1 fully saturated rings. The summed E-state index contributed by atoms with van der Waals surface area (Å²) in [5, 5.41) is 3.67. The number of carbonyl (C=O) groups excluding carboxylic acids is 1. The minimum absolute atomic E-state index is 0.0957. The SMILES string of the molecule is CC[C@H](Sc1nc2ccc(N3CCOCC3)cc2c(=O)n1CCc1ccccc1)C(=O)Nc1cccc(OC)c1. The Balaban J connectivity index is 1.47. The Bertz CT molecular complexity index is 1520. The van der Waals surface area contributed by atoms with Gasteiger partial charge in [-0.3, -0.25) is 14.2 Å². The molecule has 1 aliphatic rings. The molecule has 208 valence electrons. The Labute approximate surface area is 238 Å². The molecule has 0 spiro atoms. The summed E-state index contributed by atoms with van der Waals surface area (Å²) in [5.41, 5.74) is 3.32. The van der Waals surface area contributed by atoms with E-state index in [2.05, 4.69) is 22.3 Å². The number of nitrogens with one attached hydrogen (secondary N) is 1. The van der Waals surface area contributed by atoms with E-state index < -0.39 is 5.25 Å². The van der Waals surface area contributed by atoms with Crippen LogP contribution in [0.25, 0.3) is 10.9 Å². The Morgan fingerprint density at radius 2 is 1.88 bits per heavy atom. The van der Waals surface area contributed by atoms with Gasteiger partial charge in [-0.25, -0.2) is 4.98 Å². The van der Waals surface area contributed by atoms with Gasteiger partial charge >= 0.3 is 0 Å². The number of aryl methyl sites for hydroxylation is 1. The highest BCUT2D eigenvalue weighted by Gasteiger charge is 2.23. The van der Waals surface area contributed by atoms with Gasteiger partial charge in [-0.2, -0.15) is 0 Å². The van der Waals surface area contributed by atoms with E-state index in [-0.39, 0.29) is 11.5 Å². The number of methoxy groups -OCH3 is 1. The van der Waals surface area contributed by atoms with Gasteiger partial charge in [-0.1, -0.05) is 55.1 Å². The molecule has 1 atom stereocenters. The molecule has 8 nitrogen and oxygen atoms in total. The molecule has 0 bridgehead atoms. The first kappa shape index (κ1) is 27.7. The molecule has 4 aromatic rings. The van der Waals surface area contributed by atoms with Crippen molar-refractivity contribution in [2.45, 2.75) is 36.7 Å². The predicted octanol–water partition coefficient (Wildman–Crippen LogP) is 4.99. The third-order valence-corrected chi connectivity index (χ3v) is 8.35. The molecule has 9 heteroatoms. The molecule has 0 radical (unpaired) electrons. The van der Waals surface area contributed by atoms with E-state index in [1.54, 1.807) is 17.7 Å². The first-order valence-corrected chi connectivity index (χ1v) is 14.5. The van der Waals surface area contributed by atoms with E-state index >= 15 is 0 Å². The minimum atomic E-state index is -0.439. The maximum Gasteiger partial charge on any atom is 0.262 e. The number of anilines is 2. The summed E-state index contributed by atoms with van der Waals surface area (Å²) in [4.78, 5) is 34.4. The monoisotopic (exact) mass is 558 g/mol. The number of morpholine rings is 1. The first-order chi connectivity index (χ1) is 19.6. The summed E-state index contributed by atoms with van der Waals surface area (Å²) in [5.74, 6) is 0.522. The van der Waals surface area contributed by atoms with Gasteiger partial charge in [0.2, 0.25) is 5.91 Å². The lowest BCUT2D eigenvalue weighted by atomic mass is 10.1. The lowest BCUT2D eigenvalue weighted by Gasteiger charge is -2.29. The number of hydrogen-bond acceptors (Lipinski definition) is 7. The Hall–Kier alpha value is -3.82. The van der Waals surface area contributed by atoms with Crippen molar-refractivity contribution in [2.24, 2.45) is 0 Å². The van der Waals surface area contributed by atoms with Crippen molar-refractivity contribution in [3.05, 3.63) is 88.7 Å². The van der Waals surface area contributed by atoms with Crippen LogP contribution in [0.15, 0.2) is 82.7 Å². The van der Waals surface area contributed by atoms with Crippen LogP contribution in [-0.2, 0) is 22.5 Å². The van der Waals surface area contributed by atoms with Crippen molar-refractivity contribution >= 4 is 39.9 Å². The van der Waals surface area contributed by atoms with Gasteiger partial charge in [0.05, 0.1) is 36.5 Å². The third kappa shape index (κ3) is 6.48. The van der Waals surface area contributed by atoms with Crippen LogP contribution in [0.4, 0.5) is 11.4 Å². The topological polar surface area (TPSA) is 85.7 Å². The van der Waals surface area contributed by atoms with Crippen LogP contribution in [0.2, 0.25) is 0 Å². The van der Waals surface area contributed by atoms with Gasteiger partial charge in [0.1, 0.15) is 5.75 Å². The molecule has 1 aromatic heterocycles. The normalized spacial score (nSPS) is 14.2. The number of ether oxygens (including phenoxy) is 2. The molecule has 0 saturated carbocycles. The zero-order valence-corrected chi connectivity index (χ0v) is 23.7. The summed E-state index contributed by atoms with van der Waals surface area (Å²) < 4.78 is 12.5. The molecule has 1 amide bonds. The summed E-state index contributed by atoms with van der Waals surface area (Å²) in [6, 6.07) is 23.2. The van der Waals surface area contributed by atoms with Crippen molar-refractivity contribution in [1.82, 2.24) is 9.55 Å². The second-order valence-corrected chi connectivity index (χ2v) is 10.8. The fraction of sp³-hybridized carbons (Fsp3) is 0.323. The number of amides is 1. The first-order valence-electron chi connectivity index (χ1n) is 13.6. The molecule has 40 heavy (non-hydrogen) atoms. The highest BCUT2D eigenvalue weighted by molar-refractivity contribution is 8.00. The summed E-state index contributed by atoms with van der Waals surface area (Å²) in [6.07, 6.45) is 1.25. The van der Waals surface area contributed by atoms with Crippen LogP contribution in [0.1, 0.15) is 18.9 Å².